The summed E-state index contributed by atoms with van der Waals surface area (Å²) < 4.78 is 0. The van der Waals surface area contributed by atoms with Crippen molar-refractivity contribution in [2.45, 2.75) is 77.8 Å². The van der Waals surface area contributed by atoms with Gasteiger partial charge in [-0.3, -0.25) is 9.59 Å². The first kappa shape index (κ1) is 18.0. The van der Waals surface area contributed by atoms with Gasteiger partial charge in [-0.1, -0.05) is 26.7 Å². The second-order valence-corrected chi connectivity index (χ2v) is 6.97. The maximum Gasteiger partial charge on any atom is 0.303 e. The number of carboxylic acid groups (broad SMARTS) is 1. The van der Waals surface area contributed by atoms with Crippen molar-refractivity contribution in [3.8, 4) is 0 Å². The second-order valence-electron chi connectivity index (χ2n) is 6.97. The fraction of sp³-hybridized carbons (Fsp3) is 0.875. The van der Waals surface area contributed by atoms with Gasteiger partial charge in [-0.05, 0) is 44.6 Å². The summed E-state index contributed by atoms with van der Waals surface area (Å²) in [6.45, 7) is 6.75. The van der Waals surface area contributed by atoms with E-state index in [1.54, 1.807) is 0 Å². The molecule has 0 aromatic heterocycles. The molecule has 0 aromatic carbocycles. The van der Waals surface area contributed by atoms with Gasteiger partial charge in [0.25, 0.3) is 0 Å². The van der Waals surface area contributed by atoms with Gasteiger partial charge in [0, 0.05) is 12.5 Å². The Labute approximate surface area is 127 Å². The molecule has 21 heavy (non-hydrogen) atoms. The van der Waals surface area contributed by atoms with Crippen LogP contribution >= 0.6 is 0 Å². The Kier molecular flexibility index (Phi) is 7.15. The Hall–Kier alpha value is -1.10. The van der Waals surface area contributed by atoms with Crippen LogP contribution in [0.3, 0.4) is 0 Å². The average Bonchev–Trinajstić information content (AvgIpc) is 2.89. The third-order valence-corrected chi connectivity index (χ3v) is 4.36. The average molecular weight is 298 g/mol. The highest BCUT2D eigenvalue weighted by Gasteiger charge is 2.22. The molecule has 3 N–H and O–H groups in total. The van der Waals surface area contributed by atoms with Crippen LogP contribution in [0.15, 0.2) is 0 Å². The molecule has 1 aliphatic rings. The number of carbonyl (C=O) groups is 2. The first-order valence-electron chi connectivity index (χ1n) is 8.06. The van der Waals surface area contributed by atoms with E-state index in [9.17, 15) is 9.59 Å². The first-order chi connectivity index (χ1) is 9.80. The Balaban J connectivity index is 2.20. The molecule has 1 atom stereocenters. The lowest BCUT2D eigenvalue weighted by Gasteiger charge is -2.25. The number of rotatable bonds is 9. The minimum atomic E-state index is -0.750. The van der Waals surface area contributed by atoms with Crippen molar-refractivity contribution in [3.63, 3.8) is 0 Å². The van der Waals surface area contributed by atoms with E-state index in [2.05, 4.69) is 24.5 Å². The molecule has 0 radical (unpaired) electrons. The molecule has 0 aliphatic heterocycles. The highest BCUT2D eigenvalue weighted by Crippen LogP contribution is 2.26. The van der Waals surface area contributed by atoms with Crippen LogP contribution in [0.2, 0.25) is 0 Å². The van der Waals surface area contributed by atoms with Crippen LogP contribution in [0, 0.1) is 5.41 Å². The van der Waals surface area contributed by atoms with Crippen molar-refractivity contribution in [1.29, 1.82) is 0 Å². The molecular weight excluding hydrogens is 268 g/mol. The van der Waals surface area contributed by atoms with Crippen LogP contribution in [-0.2, 0) is 9.59 Å². The van der Waals surface area contributed by atoms with E-state index in [1.807, 2.05) is 6.92 Å². The van der Waals surface area contributed by atoms with Crippen LogP contribution in [-0.4, -0.2) is 35.6 Å². The Morgan fingerprint density at radius 2 is 1.86 bits per heavy atom. The molecule has 0 saturated heterocycles. The molecule has 1 amide bonds. The molecule has 1 aliphatic carbocycles. The summed E-state index contributed by atoms with van der Waals surface area (Å²) in [5.41, 5.74) is -0.0208. The largest absolute Gasteiger partial charge is 0.481 e. The van der Waals surface area contributed by atoms with E-state index in [-0.39, 0.29) is 23.8 Å². The van der Waals surface area contributed by atoms with Gasteiger partial charge in [0.05, 0.1) is 6.04 Å². The molecule has 1 saturated carbocycles. The lowest BCUT2D eigenvalue weighted by molar-refractivity contribution is -0.137. The van der Waals surface area contributed by atoms with Crippen molar-refractivity contribution >= 4 is 11.9 Å². The van der Waals surface area contributed by atoms with E-state index in [0.29, 0.717) is 12.5 Å². The molecule has 0 heterocycles. The van der Waals surface area contributed by atoms with Crippen LogP contribution < -0.4 is 10.6 Å². The summed E-state index contributed by atoms with van der Waals surface area (Å²) in [6, 6.07) is 0.162. The standard InChI is InChI=1S/C16H30N2O3/c1-12(15(21)18-13-6-4-5-7-13)17-11-10-16(2,3)9-8-14(19)20/h12-13,17H,4-11H2,1-3H3,(H,18,21)(H,19,20). The number of nitrogens with one attached hydrogen (secondary N) is 2. The summed E-state index contributed by atoms with van der Waals surface area (Å²) in [5.74, 6) is -0.675. The van der Waals surface area contributed by atoms with E-state index in [0.717, 1.165) is 25.8 Å². The van der Waals surface area contributed by atoms with Gasteiger partial charge in [-0.15, -0.1) is 0 Å². The predicted octanol–water partition coefficient (Wildman–Crippen LogP) is 2.30. The van der Waals surface area contributed by atoms with Crippen molar-refractivity contribution in [2.75, 3.05) is 6.54 Å². The van der Waals surface area contributed by atoms with E-state index in [4.69, 9.17) is 5.11 Å². The fourth-order valence-electron chi connectivity index (χ4n) is 2.69. The number of amides is 1. The van der Waals surface area contributed by atoms with Gasteiger partial charge < -0.3 is 15.7 Å². The lowest BCUT2D eigenvalue weighted by Crippen LogP contribution is -2.46. The molecule has 5 heteroatoms. The van der Waals surface area contributed by atoms with Crippen molar-refractivity contribution < 1.29 is 14.7 Å². The highest BCUT2D eigenvalue weighted by atomic mass is 16.4. The number of carbonyl (C=O) groups excluding carboxylic acids is 1. The van der Waals surface area contributed by atoms with Crippen LogP contribution in [0.1, 0.15) is 65.7 Å². The first-order valence-corrected chi connectivity index (χ1v) is 8.06. The minimum absolute atomic E-state index is 0.0208. The molecule has 1 rings (SSSR count). The van der Waals surface area contributed by atoms with E-state index >= 15 is 0 Å². The topological polar surface area (TPSA) is 78.4 Å². The molecule has 1 fully saturated rings. The quantitative estimate of drug-likeness (QED) is 0.610. The molecule has 122 valence electrons. The fourth-order valence-corrected chi connectivity index (χ4v) is 2.69. The van der Waals surface area contributed by atoms with E-state index in [1.165, 1.54) is 12.8 Å². The lowest BCUT2D eigenvalue weighted by atomic mass is 9.84. The van der Waals surface area contributed by atoms with Gasteiger partial charge in [-0.25, -0.2) is 0 Å². The second kappa shape index (κ2) is 8.37. The zero-order chi connectivity index (χ0) is 15.9. The van der Waals surface area contributed by atoms with Crippen LogP contribution in [0.4, 0.5) is 0 Å². The van der Waals surface area contributed by atoms with Gasteiger partial charge in [-0.2, -0.15) is 0 Å². The monoisotopic (exact) mass is 298 g/mol. The molecule has 0 spiro atoms. The zero-order valence-electron chi connectivity index (χ0n) is 13.6. The van der Waals surface area contributed by atoms with Crippen LogP contribution in [0.25, 0.3) is 0 Å². The summed E-state index contributed by atoms with van der Waals surface area (Å²) in [6.07, 6.45) is 6.34. The summed E-state index contributed by atoms with van der Waals surface area (Å²) in [7, 11) is 0. The molecule has 0 bridgehead atoms. The highest BCUT2D eigenvalue weighted by molar-refractivity contribution is 5.81. The number of aliphatic carboxylic acids is 1. The smallest absolute Gasteiger partial charge is 0.303 e. The van der Waals surface area contributed by atoms with Gasteiger partial charge in [0.2, 0.25) is 5.91 Å². The number of carboxylic acids is 1. The molecular formula is C16H30N2O3. The van der Waals surface area contributed by atoms with Gasteiger partial charge in [0.1, 0.15) is 0 Å². The number of hydrogen-bond acceptors (Lipinski definition) is 3. The SMILES string of the molecule is CC(NCCC(C)(C)CCC(=O)O)C(=O)NC1CCCC1. The third-order valence-electron chi connectivity index (χ3n) is 4.36. The summed E-state index contributed by atoms with van der Waals surface area (Å²) in [4.78, 5) is 22.6. The number of hydrogen-bond donors (Lipinski definition) is 3. The van der Waals surface area contributed by atoms with Gasteiger partial charge in [0.15, 0.2) is 0 Å². The van der Waals surface area contributed by atoms with Crippen LogP contribution in [0.5, 0.6) is 0 Å². The predicted molar refractivity (Wildman–Crippen MR) is 83.1 cm³/mol. The van der Waals surface area contributed by atoms with Crippen molar-refractivity contribution in [3.05, 3.63) is 0 Å². The molecule has 1 unspecified atom stereocenters. The van der Waals surface area contributed by atoms with Gasteiger partial charge >= 0.3 is 5.97 Å². The maximum absolute atomic E-state index is 12.0. The third kappa shape index (κ3) is 7.46. The summed E-state index contributed by atoms with van der Waals surface area (Å²) in [5, 5.41) is 15.1. The Bertz CT molecular complexity index is 349. The maximum atomic E-state index is 12.0. The Morgan fingerprint density at radius 3 is 2.43 bits per heavy atom. The van der Waals surface area contributed by atoms with Crippen molar-refractivity contribution in [2.24, 2.45) is 5.41 Å². The normalized spacial score (nSPS) is 17.7. The summed E-state index contributed by atoms with van der Waals surface area (Å²) >= 11 is 0. The van der Waals surface area contributed by atoms with Crippen molar-refractivity contribution in [1.82, 2.24) is 10.6 Å². The molecule has 5 nitrogen and oxygen atoms in total. The Morgan fingerprint density at radius 1 is 1.24 bits per heavy atom. The minimum Gasteiger partial charge on any atom is -0.481 e. The zero-order valence-corrected chi connectivity index (χ0v) is 13.6. The molecule has 0 aromatic rings. The van der Waals surface area contributed by atoms with E-state index < -0.39 is 5.97 Å².